The molecule has 0 aliphatic heterocycles. The Kier molecular flexibility index (Phi) is 5.89. The topological polar surface area (TPSA) is 110 Å². The van der Waals surface area contributed by atoms with Crippen LogP contribution in [0.2, 0.25) is 0 Å². The smallest absolute Gasteiger partial charge is 0.216 e. The maximum atomic E-state index is 11.3. The van der Waals surface area contributed by atoms with Crippen LogP contribution in [-0.4, -0.2) is 37.9 Å². The zero-order chi connectivity index (χ0) is 23.8. The van der Waals surface area contributed by atoms with Crippen LogP contribution in [0.4, 0.5) is 5.82 Å². The molecule has 0 atom stereocenters. The molecule has 1 fully saturated rings. The lowest BCUT2D eigenvalue weighted by atomic mass is 9.81. The SMILES string of the molecule is CC(=O)NCC1CCC(c2nc(-c3cc4cccc(OC(C)C)c4[nH]3)c3c(N)nccn23)CC1. The third-order valence-corrected chi connectivity index (χ3v) is 6.70. The first-order chi connectivity index (χ1) is 16.4. The molecule has 3 heterocycles. The highest BCUT2D eigenvalue weighted by atomic mass is 16.5. The van der Waals surface area contributed by atoms with E-state index in [2.05, 4.69) is 31.8 Å². The zero-order valence-electron chi connectivity index (χ0n) is 20.0. The van der Waals surface area contributed by atoms with Gasteiger partial charge in [0.05, 0.1) is 17.3 Å². The molecular formula is C26H32N6O2. The van der Waals surface area contributed by atoms with Crippen LogP contribution in [0.5, 0.6) is 5.75 Å². The number of imidazole rings is 1. The van der Waals surface area contributed by atoms with Crippen LogP contribution in [0.3, 0.4) is 0 Å². The van der Waals surface area contributed by atoms with Crippen LogP contribution in [0.15, 0.2) is 36.7 Å². The zero-order valence-corrected chi connectivity index (χ0v) is 20.0. The Morgan fingerprint density at radius 3 is 2.82 bits per heavy atom. The van der Waals surface area contributed by atoms with Gasteiger partial charge in [-0.25, -0.2) is 9.97 Å². The summed E-state index contributed by atoms with van der Waals surface area (Å²) in [4.78, 5) is 24.3. The lowest BCUT2D eigenvalue weighted by Crippen LogP contribution is -2.29. The Balaban J connectivity index is 1.51. The second-order valence-corrected chi connectivity index (χ2v) is 9.57. The normalized spacial score (nSPS) is 18.6. The molecule has 0 unspecified atom stereocenters. The van der Waals surface area contributed by atoms with Gasteiger partial charge in [-0.3, -0.25) is 9.20 Å². The lowest BCUT2D eigenvalue weighted by Gasteiger charge is -2.27. The summed E-state index contributed by atoms with van der Waals surface area (Å²) in [6, 6.07) is 8.16. The van der Waals surface area contributed by atoms with E-state index >= 15 is 0 Å². The fourth-order valence-electron chi connectivity index (χ4n) is 5.08. The minimum absolute atomic E-state index is 0.0364. The number of benzene rings is 1. The van der Waals surface area contributed by atoms with E-state index in [9.17, 15) is 4.79 Å². The largest absolute Gasteiger partial charge is 0.489 e. The number of nitrogen functional groups attached to an aromatic ring is 1. The van der Waals surface area contributed by atoms with Gasteiger partial charge in [0.25, 0.3) is 0 Å². The van der Waals surface area contributed by atoms with Crippen molar-refractivity contribution >= 4 is 28.1 Å². The van der Waals surface area contributed by atoms with Gasteiger partial charge in [-0.2, -0.15) is 0 Å². The van der Waals surface area contributed by atoms with Crippen LogP contribution in [0.25, 0.3) is 27.8 Å². The number of anilines is 1. The molecule has 0 spiro atoms. The predicted octanol–water partition coefficient (Wildman–Crippen LogP) is 4.66. The highest BCUT2D eigenvalue weighted by Gasteiger charge is 2.28. The Bertz CT molecular complexity index is 1330. The van der Waals surface area contributed by atoms with E-state index < -0.39 is 0 Å². The van der Waals surface area contributed by atoms with Gasteiger partial charge in [0.15, 0.2) is 0 Å². The van der Waals surface area contributed by atoms with Gasteiger partial charge in [-0.1, -0.05) is 12.1 Å². The first-order valence-electron chi connectivity index (χ1n) is 12.1. The summed E-state index contributed by atoms with van der Waals surface area (Å²) in [5.41, 5.74) is 9.86. The minimum Gasteiger partial charge on any atom is -0.489 e. The number of fused-ring (bicyclic) bond motifs is 2. The molecule has 8 nitrogen and oxygen atoms in total. The number of amides is 1. The van der Waals surface area contributed by atoms with Crippen molar-refractivity contribution < 1.29 is 9.53 Å². The summed E-state index contributed by atoms with van der Waals surface area (Å²) >= 11 is 0. The number of rotatable bonds is 6. The lowest BCUT2D eigenvalue weighted by molar-refractivity contribution is -0.119. The van der Waals surface area contributed by atoms with Crippen molar-refractivity contribution in [1.29, 1.82) is 0 Å². The fraction of sp³-hybridized carbons (Fsp3) is 0.423. The summed E-state index contributed by atoms with van der Waals surface area (Å²) in [5, 5.41) is 4.03. The monoisotopic (exact) mass is 460 g/mol. The molecule has 1 aliphatic carbocycles. The number of aromatic nitrogens is 4. The average molecular weight is 461 g/mol. The first-order valence-corrected chi connectivity index (χ1v) is 12.1. The van der Waals surface area contributed by atoms with Gasteiger partial charge in [-0.15, -0.1) is 0 Å². The van der Waals surface area contributed by atoms with Crippen LogP contribution in [0, 0.1) is 5.92 Å². The first kappa shape index (κ1) is 22.3. The van der Waals surface area contributed by atoms with Gasteiger partial charge < -0.3 is 20.8 Å². The standard InChI is InChI=1S/C26H32N6O2/c1-15(2)34-21-6-4-5-19-13-20(30-22(19)21)23-24-25(27)28-11-12-32(24)26(31-23)18-9-7-17(8-10-18)14-29-16(3)33/h4-6,11-13,15,17-18,30H,7-10,14H2,1-3H3,(H2,27,28)(H,29,33). The number of nitrogens with one attached hydrogen (secondary N) is 2. The molecular weight excluding hydrogens is 428 g/mol. The number of ether oxygens (including phenoxy) is 1. The van der Waals surface area contributed by atoms with E-state index in [4.69, 9.17) is 15.5 Å². The maximum absolute atomic E-state index is 11.3. The molecule has 8 heteroatoms. The summed E-state index contributed by atoms with van der Waals surface area (Å²) in [5.74, 6) is 3.20. The van der Waals surface area contributed by atoms with Gasteiger partial charge >= 0.3 is 0 Å². The predicted molar refractivity (Wildman–Crippen MR) is 134 cm³/mol. The molecule has 3 aromatic heterocycles. The number of H-pyrrole nitrogens is 1. The van der Waals surface area contributed by atoms with E-state index in [0.29, 0.717) is 17.7 Å². The van der Waals surface area contributed by atoms with E-state index in [1.54, 1.807) is 13.1 Å². The number of aromatic amines is 1. The molecule has 34 heavy (non-hydrogen) atoms. The third-order valence-electron chi connectivity index (χ3n) is 6.70. The van der Waals surface area contributed by atoms with Crippen LogP contribution in [-0.2, 0) is 4.79 Å². The molecule has 0 bridgehead atoms. The quantitative estimate of drug-likeness (QED) is 0.388. The summed E-state index contributed by atoms with van der Waals surface area (Å²) in [6.45, 7) is 6.37. The van der Waals surface area contributed by atoms with Gasteiger partial charge in [-0.05, 0) is 57.6 Å². The number of para-hydroxylation sites is 1. The van der Waals surface area contributed by atoms with Gasteiger partial charge in [0, 0.05) is 37.2 Å². The summed E-state index contributed by atoms with van der Waals surface area (Å²) < 4.78 is 8.12. The Morgan fingerprint density at radius 1 is 1.29 bits per heavy atom. The van der Waals surface area contributed by atoms with E-state index in [1.165, 1.54) is 0 Å². The van der Waals surface area contributed by atoms with Crippen molar-refractivity contribution in [3.8, 4) is 17.1 Å². The van der Waals surface area contributed by atoms with Crippen molar-refractivity contribution in [1.82, 2.24) is 24.7 Å². The highest BCUT2D eigenvalue weighted by Crippen LogP contribution is 2.39. The highest BCUT2D eigenvalue weighted by molar-refractivity contribution is 5.93. The molecule has 178 valence electrons. The number of nitrogens with zero attached hydrogens (tertiary/aromatic N) is 3. The van der Waals surface area contributed by atoms with Crippen LogP contribution in [0.1, 0.15) is 58.2 Å². The second-order valence-electron chi connectivity index (χ2n) is 9.57. The molecule has 1 aromatic carbocycles. The molecule has 4 aromatic rings. The number of carbonyl (C=O) groups excluding carboxylic acids is 1. The minimum atomic E-state index is 0.0364. The Morgan fingerprint density at radius 2 is 2.09 bits per heavy atom. The number of carbonyl (C=O) groups is 1. The molecule has 1 amide bonds. The third kappa shape index (κ3) is 4.20. The number of nitrogens with two attached hydrogens (primary N) is 1. The number of hydrogen-bond donors (Lipinski definition) is 3. The Labute approximate surface area is 198 Å². The molecule has 1 aliphatic rings. The molecule has 5 rings (SSSR count). The van der Waals surface area contributed by atoms with Crippen molar-refractivity contribution in [2.24, 2.45) is 5.92 Å². The van der Waals surface area contributed by atoms with Crippen LogP contribution >= 0.6 is 0 Å². The van der Waals surface area contributed by atoms with Crippen molar-refractivity contribution in [3.63, 3.8) is 0 Å². The van der Waals surface area contributed by atoms with Crippen LogP contribution < -0.4 is 15.8 Å². The average Bonchev–Trinajstić information content (AvgIpc) is 3.41. The van der Waals surface area contributed by atoms with E-state index in [0.717, 1.165) is 71.6 Å². The summed E-state index contributed by atoms with van der Waals surface area (Å²) in [6.07, 6.45) is 7.97. The molecule has 4 N–H and O–H groups in total. The van der Waals surface area contributed by atoms with Gasteiger partial charge in [0.2, 0.25) is 5.91 Å². The van der Waals surface area contributed by atoms with Crippen molar-refractivity contribution in [3.05, 3.63) is 42.5 Å². The molecule has 1 saturated carbocycles. The van der Waals surface area contributed by atoms with Crippen molar-refractivity contribution in [2.75, 3.05) is 12.3 Å². The van der Waals surface area contributed by atoms with E-state index in [1.807, 2.05) is 32.2 Å². The number of hydrogen-bond acceptors (Lipinski definition) is 5. The fourth-order valence-corrected chi connectivity index (χ4v) is 5.08. The van der Waals surface area contributed by atoms with E-state index in [-0.39, 0.29) is 12.0 Å². The molecule has 0 radical (unpaired) electrons. The van der Waals surface area contributed by atoms with Crippen molar-refractivity contribution in [2.45, 2.75) is 58.5 Å². The van der Waals surface area contributed by atoms with Gasteiger partial charge in [0.1, 0.15) is 28.6 Å². The summed E-state index contributed by atoms with van der Waals surface area (Å²) in [7, 11) is 0. The molecule has 0 saturated heterocycles. The Hall–Kier alpha value is -3.55. The maximum Gasteiger partial charge on any atom is 0.216 e. The second kappa shape index (κ2) is 9.00.